The highest BCUT2D eigenvalue weighted by Crippen LogP contribution is 2.43. The quantitative estimate of drug-likeness (QED) is 0.790. The average molecular weight is 437 g/mol. The Hall–Kier alpha value is -2.56. The van der Waals surface area contributed by atoms with E-state index in [4.69, 9.17) is 5.26 Å². The molecule has 6 nitrogen and oxygen atoms in total. The number of hydrogen-bond acceptors (Lipinski definition) is 5. The Kier molecular flexibility index (Phi) is 5.39. The molecular weight excluding hydrogens is 407 g/mol. The van der Waals surface area contributed by atoms with Crippen molar-refractivity contribution in [2.24, 2.45) is 0 Å². The molecule has 3 heterocycles. The number of nitrogens with zero attached hydrogens (tertiary/aromatic N) is 4. The van der Waals surface area contributed by atoms with Gasteiger partial charge in [-0.2, -0.15) is 5.26 Å². The highest BCUT2D eigenvalue weighted by atomic mass is 19.1. The summed E-state index contributed by atoms with van der Waals surface area (Å²) in [5.41, 5.74) is 1.72. The number of pyridine rings is 1. The molecule has 2 aromatic rings. The van der Waals surface area contributed by atoms with Gasteiger partial charge in [0, 0.05) is 55.2 Å². The number of likely N-dealkylation sites (tertiary alicyclic amines) is 1. The van der Waals surface area contributed by atoms with Gasteiger partial charge in [0.2, 0.25) is 0 Å². The summed E-state index contributed by atoms with van der Waals surface area (Å²) in [5, 5.41) is 20.7. The number of carbonyl (C=O) groups excluding carboxylic acids is 1. The van der Waals surface area contributed by atoms with Crippen LogP contribution in [-0.2, 0) is 6.54 Å². The highest BCUT2D eigenvalue weighted by molar-refractivity contribution is 6.05. The third-order valence-electron chi connectivity index (χ3n) is 7.61. The Morgan fingerprint density at radius 3 is 2.78 bits per heavy atom. The van der Waals surface area contributed by atoms with Crippen molar-refractivity contribution in [2.75, 3.05) is 13.1 Å². The first-order valence-corrected chi connectivity index (χ1v) is 11.7. The van der Waals surface area contributed by atoms with Gasteiger partial charge in [-0.05, 0) is 37.5 Å². The van der Waals surface area contributed by atoms with E-state index in [0.717, 1.165) is 47.7 Å². The van der Waals surface area contributed by atoms with Gasteiger partial charge in [-0.15, -0.1) is 0 Å². The van der Waals surface area contributed by atoms with Gasteiger partial charge in [0.25, 0.3) is 5.91 Å². The summed E-state index contributed by atoms with van der Waals surface area (Å²) in [7, 11) is 0. The highest BCUT2D eigenvalue weighted by Gasteiger charge is 2.43. The minimum Gasteiger partial charge on any atom is -0.391 e. The monoisotopic (exact) mass is 436 g/mol. The van der Waals surface area contributed by atoms with Crippen LogP contribution in [0.2, 0.25) is 0 Å². The molecule has 3 aliphatic rings. The van der Waals surface area contributed by atoms with Gasteiger partial charge in [-0.25, -0.2) is 4.39 Å². The molecule has 1 aliphatic carbocycles. The fraction of sp³-hybridized carbons (Fsp3) is 0.560. The number of fused-ring (bicyclic) bond motifs is 3. The zero-order valence-electron chi connectivity index (χ0n) is 18.4. The Bertz CT molecular complexity index is 1090. The normalized spacial score (nSPS) is 28.0. The van der Waals surface area contributed by atoms with Crippen LogP contribution >= 0.6 is 0 Å². The van der Waals surface area contributed by atoms with Crippen molar-refractivity contribution in [3.63, 3.8) is 0 Å². The molecule has 1 saturated heterocycles. The lowest BCUT2D eigenvalue weighted by atomic mass is 9.90. The van der Waals surface area contributed by atoms with Crippen LogP contribution in [-0.4, -0.2) is 56.7 Å². The second-order valence-electron chi connectivity index (χ2n) is 9.56. The summed E-state index contributed by atoms with van der Waals surface area (Å²) < 4.78 is 14.3. The minimum atomic E-state index is -1.73. The molecule has 1 aromatic carbocycles. The number of hydrogen-bond donors (Lipinski definition) is 1. The molecule has 32 heavy (non-hydrogen) atoms. The Morgan fingerprint density at radius 2 is 2.06 bits per heavy atom. The Morgan fingerprint density at radius 1 is 1.31 bits per heavy atom. The first-order valence-electron chi connectivity index (χ1n) is 11.7. The van der Waals surface area contributed by atoms with Gasteiger partial charge in [0.05, 0.1) is 23.7 Å². The van der Waals surface area contributed by atoms with Crippen LogP contribution in [0.5, 0.6) is 0 Å². The summed E-state index contributed by atoms with van der Waals surface area (Å²) in [6.45, 7) is 3.64. The summed E-state index contributed by atoms with van der Waals surface area (Å²) >= 11 is 0. The van der Waals surface area contributed by atoms with Gasteiger partial charge in [0.1, 0.15) is 6.07 Å². The molecule has 2 fully saturated rings. The molecule has 168 valence electrons. The number of piperidine rings is 1. The Balaban J connectivity index is 1.50. The number of halogens is 1. The third kappa shape index (κ3) is 3.46. The molecule has 1 aromatic heterocycles. The van der Waals surface area contributed by atoms with Crippen LogP contribution in [0.3, 0.4) is 0 Å². The lowest BCUT2D eigenvalue weighted by Crippen LogP contribution is -2.46. The maximum absolute atomic E-state index is 14.3. The zero-order valence-corrected chi connectivity index (χ0v) is 18.4. The number of benzene rings is 1. The number of carbonyl (C=O) groups is 1. The number of aliphatic hydroxyl groups excluding tert-OH is 1. The molecule has 5 rings (SSSR count). The van der Waals surface area contributed by atoms with Gasteiger partial charge in [-0.3, -0.25) is 14.7 Å². The van der Waals surface area contributed by atoms with Crippen molar-refractivity contribution in [1.29, 1.82) is 5.26 Å². The van der Waals surface area contributed by atoms with E-state index in [0.29, 0.717) is 25.2 Å². The van der Waals surface area contributed by atoms with Crippen molar-refractivity contribution < 1.29 is 14.3 Å². The van der Waals surface area contributed by atoms with Crippen LogP contribution in [0.4, 0.5) is 4.39 Å². The van der Waals surface area contributed by atoms with Crippen LogP contribution in [0, 0.1) is 11.3 Å². The SMILES string of the molecule is CC1c2c(cc(CN3CCC(F)(C#N)CC3)c3cccnc23)C(=O)N1C1CCCCC1O. The van der Waals surface area contributed by atoms with Crippen LogP contribution in [0.15, 0.2) is 24.4 Å². The maximum atomic E-state index is 14.3. The fourth-order valence-electron chi connectivity index (χ4n) is 5.79. The second kappa shape index (κ2) is 8.09. The van der Waals surface area contributed by atoms with E-state index in [1.54, 1.807) is 12.3 Å². The molecule has 0 spiro atoms. The molecule has 1 saturated carbocycles. The third-order valence-corrected chi connectivity index (χ3v) is 7.61. The van der Waals surface area contributed by atoms with Crippen LogP contribution < -0.4 is 0 Å². The molecule has 3 unspecified atom stereocenters. The molecular formula is C25H29FN4O2. The van der Waals surface area contributed by atoms with E-state index >= 15 is 0 Å². The largest absolute Gasteiger partial charge is 0.391 e. The summed E-state index contributed by atoms with van der Waals surface area (Å²) in [6.07, 6.45) is 5.24. The lowest BCUT2D eigenvalue weighted by Gasteiger charge is -2.37. The molecule has 7 heteroatoms. The number of rotatable bonds is 3. The number of nitriles is 1. The van der Waals surface area contributed by atoms with E-state index in [9.17, 15) is 14.3 Å². The topological polar surface area (TPSA) is 80.5 Å². The predicted octanol–water partition coefficient (Wildman–Crippen LogP) is 3.88. The van der Waals surface area contributed by atoms with Gasteiger partial charge < -0.3 is 10.0 Å². The van der Waals surface area contributed by atoms with E-state index in [-0.39, 0.29) is 30.8 Å². The first kappa shape index (κ1) is 21.3. The number of aliphatic hydroxyl groups is 1. The van der Waals surface area contributed by atoms with E-state index < -0.39 is 11.8 Å². The molecule has 3 atom stereocenters. The number of alkyl halides is 1. The number of amides is 1. The van der Waals surface area contributed by atoms with Gasteiger partial charge >= 0.3 is 0 Å². The van der Waals surface area contributed by atoms with Crippen molar-refractivity contribution in [1.82, 2.24) is 14.8 Å². The van der Waals surface area contributed by atoms with E-state index in [2.05, 4.69) is 9.88 Å². The van der Waals surface area contributed by atoms with Gasteiger partial charge in [0.15, 0.2) is 5.67 Å². The molecule has 1 amide bonds. The zero-order chi connectivity index (χ0) is 22.5. The number of aromatic nitrogens is 1. The second-order valence-corrected chi connectivity index (χ2v) is 9.56. The standard InChI is InChI=1S/C25H29FN4O2/c1-16-22-19(24(32)30(16)20-6-2-3-7-21(20)31)13-17(18-5-4-10-28-23(18)22)14-29-11-8-25(26,15-27)9-12-29/h4-5,10,13,16,20-21,31H,2-3,6-9,11-12,14H2,1H3. The first-order chi connectivity index (χ1) is 15.4. The average Bonchev–Trinajstić information content (AvgIpc) is 3.06. The molecule has 2 aliphatic heterocycles. The van der Waals surface area contributed by atoms with Crippen molar-refractivity contribution in [3.05, 3.63) is 41.1 Å². The molecule has 1 N–H and O–H groups in total. The van der Waals surface area contributed by atoms with Crippen LogP contribution in [0.25, 0.3) is 10.9 Å². The van der Waals surface area contributed by atoms with Crippen molar-refractivity contribution >= 4 is 16.8 Å². The lowest BCUT2D eigenvalue weighted by molar-refractivity contribution is 0.00975. The van der Waals surface area contributed by atoms with Crippen molar-refractivity contribution in [2.45, 2.75) is 75.8 Å². The Labute approximate surface area is 187 Å². The fourth-order valence-corrected chi connectivity index (χ4v) is 5.79. The minimum absolute atomic E-state index is 0.0295. The maximum Gasteiger partial charge on any atom is 0.255 e. The summed E-state index contributed by atoms with van der Waals surface area (Å²) in [6, 6.07) is 7.42. The smallest absolute Gasteiger partial charge is 0.255 e. The van der Waals surface area contributed by atoms with E-state index in [1.165, 1.54) is 0 Å². The van der Waals surface area contributed by atoms with Crippen LogP contribution in [0.1, 0.15) is 73.0 Å². The summed E-state index contributed by atoms with van der Waals surface area (Å²) in [4.78, 5) is 22.2. The molecule has 0 bridgehead atoms. The molecule has 0 radical (unpaired) electrons. The van der Waals surface area contributed by atoms with Crippen molar-refractivity contribution in [3.8, 4) is 6.07 Å². The summed E-state index contributed by atoms with van der Waals surface area (Å²) in [5.74, 6) is -0.0295. The predicted molar refractivity (Wildman–Crippen MR) is 119 cm³/mol. The van der Waals surface area contributed by atoms with Gasteiger partial charge in [-0.1, -0.05) is 18.9 Å². The van der Waals surface area contributed by atoms with E-state index in [1.807, 2.05) is 30.0 Å².